The van der Waals surface area contributed by atoms with Crippen molar-refractivity contribution >= 4 is 11.6 Å². The van der Waals surface area contributed by atoms with E-state index in [0.29, 0.717) is 13.0 Å². The highest BCUT2D eigenvalue weighted by atomic mass is 35.5. The molecule has 2 aromatic rings. The lowest BCUT2D eigenvalue weighted by Gasteiger charge is -2.13. The first-order valence-corrected chi connectivity index (χ1v) is 7.64. The SMILES string of the molecule is CCn1nc(C)c(Cl)c1CC(N)CCOc1ccccc1. The van der Waals surface area contributed by atoms with E-state index in [2.05, 4.69) is 12.0 Å². The van der Waals surface area contributed by atoms with Crippen molar-refractivity contribution in [1.29, 1.82) is 0 Å². The molecule has 0 spiro atoms. The third-order valence-corrected chi connectivity index (χ3v) is 3.90. The first kappa shape index (κ1) is 15.9. The minimum Gasteiger partial charge on any atom is -0.494 e. The van der Waals surface area contributed by atoms with Crippen LogP contribution < -0.4 is 10.5 Å². The average molecular weight is 308 g/mol. The highest BCUT2D eigenvalue weighted by Crippen LogP contribution is 2.22. The Balaban J connectivity index is 1.86. The predicted molar refractivity (Wildman–Crippen MR) is 85.9 cm³/mol. The van der Waals surface area contributed by atoms with Crippen LogP contribution in [0.4, 0.5) is 0 Å². The molecule has 2 N–H and O–H groups in total. The van der Waals surface area contributed by atoms with E-state index in [4.69, 9.17) is 22.1 Å². The summed E-state index contributed by atoms with van der Waals surface area (Å²) in [5, 5.41) is 5.14. The molecule has 0 saturated carbocycles. The summed E-state index contributed by atoms with van der Waals surface area (Å²) in [6.45, 7) is 5.37. The number of rotatable bonds is 7. The molecular weight excluding hydrogens is 286 g/mol. The molecule has 0 amide bonds. The van der Waals surface area contributed by atoms with Crippen LogP contribution in [0.15, 0.2) is 30.3 Å². The van der Waals surface area contributed by atoms with Crippen molar-refractivity contribution in [1.82, 2.24) is 9.78 Å². The Kier molecular flexibility index (Phi) is 5.65. The maximum Gasteiger partial charge on any atom is 0.119 e. The largest absolute Gasteiger partial charge is 0.494 e. The van der Waals surface area contributed by atoms with Gasteiger partial charge in [0.1, 0.15) is 5.75 Å². The van der Waals surface area contributed by atoms with E-state index in [-0.39, 0.29) is 6.04 Å². The number of ether oxygens (including phenoxy) is 1. The van der Waals surface area contributed by atoms with Crippen LogP contribution in [0.2, 0.25) is 5.02 Å². The van der Waals surface area contributed by atoms with Crippen LogP contribution in [0.5, 0.6) is 5.75 Å². The molecule has 0 saturated heterocycles. The molecule has 114 valence electrons. The van der Waals surface area contributed by atoms with Gasteiger partial charge in [-0.25, -0.2) is 0 Å². The quantitative estimate of drug-likeness (QED) is 0.854. The Labute approximate surface area is 130 Å². The minimum absolute atomic E-state index is 0.00705. The number of aromatic nitrogens is 2. The Bertz CT molecular complexity index is 568. The fraction of sp³-hybridized carbons (Fsp3) is 0.438. The molecule has 1 unspecified atom stereocenters. The summed E-state index contributed by atoms with van der Waals surface area (Å²) in [7, 11) is 0. The standard InChI is InChI=1S/C16H22ClN3O/c1-3-20-15(16(17)12(2)19-20)11-13(18)9-10-21-14-7-5-4-6-8-14/h4-8,13H,3,9-11,18H2,1-2H3. The van der Waals surface area contributed by atoms with Gasteiger partial charge in [-0.05, 0) is 32.4 Å². The minimum atomic E-state index is 0.00705. The molecule has 4 nitrogen and oxygen atoms in total. The zero-order chi connectivity index (χ0) is 15.2. The highest BCUT2D eigenvalue weighted by Gasteiger charge is 2.15. The first-order valence-electron chi connectivity index (χ1n) is 7.27. The molecule has 5 heteroatoms. The average Bonchev–Trinajstić information content (AvgIpc) is 2.76. The van der Waals surface area contributed by atoms with Crippen molar-refractivity contribution in [2.45, 2.75) is 39.3 Å². The Morgan fingerprint density at radius 2 is 2.05 bits per heavy atom. The summed E-state index contributed by atoms with van der Waals surface area (Å²) in [4.78, 5) is 0. The maximum atomic E-state index is 6.30. The van der Waals surface area contributed by atoms with Crippen molar-refractivity contribution in [3.05, 3.63) is 46.7 Å². The van der Waals surface area contributed by atoms with Gasteiger partial charge in [0.2, 0.25) is 0 Å². The zero-order valence-electron chi connectivity index (χ0n) is 12.6. The van der Waals surface area contributed by atoms with E-state index >= 15 is 0 Å². The summed E-state index contributed by atoms with van der Waals surface area (Å²) in [6, 6.07) is 9.77. The number of benzene rings is 1. The summed E-state index contributed by atoms with van der Waals surface area (Å²) >= 11 is 6.30. The number of para-hydroxylation sites is 1. The van der Waals surface area contributed by atoms with Gasteiger partial charge in [0.15, 0.2) is 0 Å². The predicted octanol–water partition coefficient (Wildman–Crippen LogP) is 3.20. The van der Waals surface area contributed by atoms with E-state index in [1.165, 1.54) is 0 Å². The molecule has 1 aromatic heterocycles. The molecule has 1 aromatic carbocycles. The number of aryl methyl sites for hydroxylation is 2. The Morgan fingerprint density at radius 1 is 1.33 bits per heavy atom. The topological polar surface area (TPSA) is 53.1 Å². The van der Waals surface area contributed by atoms with E-state index in [1.807, 2.05) is 41.9 Å². The molecule has 0 aliphatic heterocycles. The molecule has 0 fully saturated rings. The van der Waals surface area contributed by atoms with Gasteiger partial charge >= 0.3 is 0 Å². The van der Waals surface area contributed by atoms with Gasteiger partial charge in [-0.1, -0.05) is 29.8 Å². The lowest BCUT2D eigenvalue weighted by Crippen LogP contribution is -2.26. The molecule has 2 rings (SSSR count). The Hall–Kier alpha value is -1.52. The van der Waals surface area contributed by atoms with Gasteiger partial charge in [0.25, 0.3) is 0 Å². The van der Waals surface area contributed by atoms with Crippen LogP contribution in [0, 0.1) is 6.92 Å². The fourth-order valence-corrected chi connectivity index (χ4v) is 2.47. The molecule has 21 heavy (non-hydrogen) atoms. The molecule has 0 aliphatic carbocycles. The number of nitrogens with zero attached hydrogens (tertiary/aromatic N) is 2. The van der Waals surface area contributed by atoms with E-state index in [0.717, 1.165) is 35.1 Å². The third-order valence-electron chi connectivity index (χ3n) is 3.41. The fourth-order valence-electron chi connectivity index (χ4n) is 2.26. The van der Waals surface area contributed by atoms with Crippen LogP contribution in [0.1, 0.15) is 24.7 Å². The summed E-state index contributed by atoms with van der Waals surface area (Å²) in [5.74, 6) is 0.872. The van der Waals surface area contributed by atoms with Crippen LogP contribution in [-0.4, -0.2) is 22.4 Å². The number of nitrogens with two attached hydrogens (primary N) is 1. The second-order valence-corrected chi connectivity index (χ2v) is 5.45. The molecular formula is C16H22ClN3O. The van der Waals surface area contributed by atoms with Crippen LogP contribution in [-0.2, 0) is 13.0 Å². The van der Waals surface area contributed by atoms with Gasteiger partial charge in [-0.15, -0.1) is 0 Å². The number of halogens is 1. The highest BCUT2D eigenvalue weighted by molar-refractivity contribution is 6.31. The monoisotopic (exact) mass is 307 g/mol. The van der Waals surface area contributed by atoms with E-state index in [9.17, 15) is 0 Å². The molecule has 0 bridgehead atoms. The number of hydrogen-bond donors (Lipinski definition) is 1. The van der Waals surface area contributed by atoms with Crippen molar-refractivity contribution in [3.8, 4) is 5.75 Å². The van der Waals surface area contributed by atoms with Gasteiger partial charge in [-0.3, -0.25) is 4.68 Å². The lowest BCUT2D eigenvalue weighted by atomic mass is 10.1. The zero-order valence-corrected chi connectivity index (χ0v) is 13.3. The van der Waals surface area contributed by atoms with Gasteiger partial charge < -0.3 is 10.5 Å². The van der Waals surface area contributed by atoms with Crippen molar-refractivity contribution < 1.29 is 4.74 Å². The summed E-state index contributed by atoms with van der Waals surface area (Å²) < 4.78 is 7.60. The molecule has 1 heterocycles. The van der Waals surface area contributed by atoms with Crippen LogP contribution >= 0.6 is 11.6 Å². The van der Waals surface area contributed by atoms with Crippen molar-refractivity contribution in [2.75, 3.05) is 6.61 Å². The van der Waals surface area contributed by atoms with Gasteiger partial charge in [0.05, 0.1) is 23.0 Å². The van der Waals surface area contributed by atoms with E-state index in [1.54, 1.807) is 0 Å². The second kappa shape index (κ2) is 7.48. The smallest absolute Gasteiger partial charge is 0.119 e. The van der Waals surface area contributed by atoms with Crippen molar-refractivity contribution in [3.63, 3.8) is 0 Å². The maximum absolute atomic E-state index is 6.30. The van der Waals surface area contributed by atoms with Crippen LogP contribution in [0.25, 0.3) is 0 Å². The normalized spacial score (nSPS) is 12.4. The number of hydrogen-bond acceptors (Lipinski definition) is 3. The summed E-state index contributed by atoms with van der Waals surface area (Å²) in [6.07, 6.45) is 1.49. The third kappa shape index (κ3) is 4.22. The molecule has 0 aliphatic rings. The first-order chi connectivity index (χ1) is 10.1. The second-order valence-electron chi connectivity index (χ2n) is 5.08. The van der Waals surface area contributed by atoms with Crippen LogP contribution in [0.3, 0.4) is 0 Å². The Morgan fingerprint density at radius 3 is 2.71 bits per heavy atom. The van der Waals surface area contributed by atoms with Crippen molar-refractivity contribution in [2.24, 2.45) is 5.73 Å². The molecule has 1 atom stereocenters. The lowest BCUT2D eigenvalue weighted by molar-refractivity contribution is 0.296. The van der Waals surface area contributed by atoms with Gasteiger partial charge in [-0.2, -0.15) is 5.10 Å². The van der Waals surface area contributed by atoms with E-state index < -0.39 is 0 Å². The summed E-state index contributed by atoms with van der Waals surface area (Å²) in [5.41, 5.74) is 8.07. The van der Waals surface area contributed by atoms with Gasteiger partial charge in [0, 0.05) is 19.0 Å². The molecule has 0 radical (unpaired) electrons.